The molecule has 7 nitrogen and oxygen atoms in total. The number of nitrogens with zero attached hydrogens (tertiary/aromatic N) is 5. The number of aliphatic imine (C=N–C) groups is 1. The van der Waals surface area contributed by atoms with Gasteiger partial charge in [-0.15, -0.1) is 0 Å². The normalized spacial score (nSPS) is 11.5. The van der Waals surface area contributed by atoms with Crippen molar-refractivity contribution in [2.45, 2.75) is 26.8 Å². The number of hydrogen-bond donors (Lipinski definition) is 2. The summed E-state index contributed by atoms with van der Waals surface area (Å²) in [4.78, 5) is 12.8. The second kappa shape index (κ2) is 8.11. The van der Waals surface area contributed by atoms with Gasteiger partial charge in [-0.1, -0.05) is 0 Å². The summed E-state index contributed by atoms with van der Waals surface area (Å²) in [7, 11) is 1.87. The van der Waals surface area contributed by atoms with E-state index in [1.165, 1.54) is 17.5 Å². The SMILES string of the molecule is CCNC(=NCc1ncnn1C)NCCc1ccncc1C. The van der Waals surface area contributed by atoms with Gasteiger partial charge in [0, 0.05) is 32.5 Å². The summed E-state index contributed by atoms with van der Waals surface area (Å²) in [6.45, 7) is 6.26. The second-order valence-corrected chi connectivity index (χ2v) is 4.97. The fourth-order valence-electron chi connectivity index (χ4n) is 2.05. The van der Waals surface area contributed by atoms with E-state index in [-0.39, 0.29) is 0 Å². The maximum absolute atomic E-state index is 4.53. The monoisotopic (exact) mass is 301 g/mol. The lowest BCUT2D eigenvalue weighted by Crippen LogP contribution is -2.38. The van der Waals surface area contributed by atoms with E-state index >= 15 is 0 Å². The molecule has 7 heteroatoms. The molecule has 2 aromatic heterocycles. The number of rotatable bonds is 6. The van der Waals surface area contributed by atoms with Gasteiger partial charge in [0.1, 0.15) is 18.7 Å². The Bertz CT molecular complexity index is 618. The van der Waals surface area contributed by atoms with Crippen LogP contribution >= 0.6 is 0 Å². The number of aromatic nitrogens is 4. The Morgan fingerprint density at radius 2 is 2.23 bits per heavy atom. The molecule has 0 aromatic carbocycles. The lowest BCUT2D eigenvalue weighted by Gasteiger charge is -2.12. The fraction of sp³-hybridized carbons (Fsp3) is 0.467. The highest BCUT2D eigenvalue weighted by Gasteiger charge is 2.02. The summed E-state index contributed by atoms with van der Waals surface area (Å²) in [5, 5.41) is 10.6. The van der Waals surface area contributed by atoms with Crippen molar-refractivity contribution >= 4 is 5.96 Å². The van der Waals surface area contributed by atoms with Crippen molar-refractivity contribution in [2.75, 3.05) is 13.1 Å². The minimum absolute atomic E-state index is 0.500. The van der Waals surface area contributed by atoms with E-state index in [9.17, 15) is 0 Å². The number of aryl methyl sites for hydroxylation is 2. The van der Waals surface area contributed by atoms with Gasteiger partial charge in [0.25, 0.3) is 0 Å². The molecule has 2 N–H and O–H groups in total. The van der Waals surface area contributed by atoms with Gasteiger partial charge in [0.05, 0.1) is 0 Å². The Morgan fingerprint density at radius 1 is 1.36 bits per heavy atom. The van der Waals surface area contributed by atoms with Crippen molar-refractivity contribution < 1.29 is 0 Å². The van der Waals surface area contributed by atoms with E-state index in [1.54, 1.807) is 4.68 Å². The lowest BCUT2D eigenvalue weighted by molar-refractivity contribution is 0.697. The van der Waals surface area contributed by atoms with Crippen molar-refractivity contribution in [2.24, 2.45) is 12.0 Å². The van der Waals surface area contributed by atoms with Crippen LogP contribution in [0.2, 0.25) is 0 Å². The molecule has 0 bridgehead atoms. The Kier molecular flexibility index (Phi) is 5.88. The zero-order valence-electron chi connectivity index (χ0n) is 13.4. The predicted octanol–water partition coefficient (Wildman–Crippen LogP) is 0.816. The van der Waals surface area contributed by atoms with E-state index in [1.807, 2.05) is 26.4 Å². The quantitative estimate of drug-likeness (QED) is 0.610. The third-order valence-electron chi connectivity index (χ3n) is 3.35. The predicted molar refractivity (Wildman–Crippen MR) is 86.5 cm³/mol. The summed E-state index contributed by atoms with van der Waals surface area (Å²) < 4.78 is 1.73. The van der Waals surface area contributed by atoms with Crippen molar-refractivity contribution in [3.63, 3.8) is 0 Å². The highest BCUT2D eigenvalue weighted by Crippen LogP contribution is 2.04. The molecular formula is C15H23N7. The molecule has 0 saturated carbocycles. The first kappa shape index (κ1) is 15.9. The van der Waals surface area contributed by atoms with Crippen molar-refractivity contribution in [1.82, 2.24) is 30.4 Å². The van der Waals surface area contributed by atoms with Gasteiger partial charge in [-0.05, 0) is 37.5 Å². The lowest BCUT2D eigenvalue weighted by atomic mass is 10.1. The van der Waals surface area contributed by atoms with Gasteiger partial charge >= 0.3 is 0 Å². The van der Waals surface area contributed by atoms with Gasteiger partial charge in [0.15, 0.2) is 5.96 Å². The van der Waals surface area contributed by atoms with Crippen LogP contribution in [0, 0.1) is 6.92 Å². The minimum Gasteiger partial charge on any atom is -0.357 e. The van der Waals surface area contributed by atoms with E-state index in [0.29, 0.717) is 6.54 Å². The molecule has 0 fully saturated rings. The Balaban J connectivity index is 1.89. The Hall–Kier alpha value is -2.44. The van der Waals surface area contributed by atoms with Crippen molar-refractivity contribution in [3.8, 4) is 0 Å². The number of nitrogens with one attached hydrogen (secondary N) is 2. The van der Waals surface area contributed by atoms with Crippen molar-refractivity contribution in [1.29, 1.82) is 0 Å². The molecule has 0 aliphatic carbocycles. The average Bonchev–Trinajstić information content (AvgIpc) is 2.92. The van der Waals surface area contributed by atoms with Crippen LogP contribution in [0.5, 0.6) is 0 Å². The highest BCUT2D eigenvalue weighted by atomic mass is 15.3. The summed E-state index contributed by atoms with van der Waals surface area (Å²) in [5.41, 5.74) is 2.51. The van der Waals surface area contributed by atoms with E-state index in [0.717, 1.165) is 31.3 Å². The molecule has 0 unspecified atom stereocenters. The van der Waals surface area contributed by atoms with Crippen LogP contribution in [0.4, 0.5) is 0 Å². The van der Waals surface area contributed by atoms with Gasteiger partial charge in [-0.25, -0.2) is 9.98 Å². The van der Waals surface area contributed by atoms with Crippen LogP contribution in [0.3, 0.4) is 0 Å². The molecule has 0 atom stereocenters. The van der Waals surface area contributed by atoms with Crippen LogP contribution in [0.15, 0.2) is 29.8 Å². The molecule has 2 rings (SSSR count). The molecule has 0 saturated heterocycles. The summed E-state index contributed by atoms with van der Waals surface area (Å²) in [6, 6.07) is 2.06. The standard InChI is InChI=1S/C15H23N7/c1-4-17-15(19-10-14-20-11-21-22(14)3)18-8-6-13-5-7-16-9-12(13)2/h5,7,9,11H,4,6,8,10H2,1-3H3,(H2,17,18,19). The Labute approximate surface area is 130 Å². The van der Waals surface area contributed by atoms with E-state index in [2.05, 4.69) is 43.7 Å². The second-order valence-electron chi connectivity index (χ2n) is 4.97. The van der Waals surface area contributed by atoms with Crippen LogP contribution in [-0.4, -0.2) is 38.8 Å². The van der Waals surface area contributed by atoms with E-state index < -0.39 is 0 Å². The topological polar surface area (TPSA) is 80.0 Å². The third kappa shape index (κ3) is 4.54. The van der Waals surface area contributed by atoms with Crippen LogP contribution in [-0.2, 0) is 20.0 Å². The molecule has 0 aliphatic rings. The van der Waals surface area contributed by atoms with Gasteiger partial charge in [-0.3, -0.25) is 9.67 Å². The number of pyridine rings is 1. The first-order valence-electron chi connectivity index (χ1n) is 7.45. The molecule has 22 heavy (non-hydrogen) atoms. The molecule has 0 spiro atoms. The van der Waals surface area contributed by atoms with Crippen LogP contribution < -0.4 is 10.6 Å². The summed E-state index contributed by atoms with van der Waals surface area (Å²) >= 11 is 0. The van der Waals surface area contributed by atoms with Gasteiger partial charge in [0.2, 0.25) is 0 Å². The third-order valence-corrected chi connectivity index (χ3v) is 3.35. The average molecular weight is 301 g/mol. The number of hydrogen-bond acceptors (Lipinski definition) is 4. The van der Waals surface area contributed by atoms with Crippen LogP contribution in [0.1, 0.15) is 23.9 Å². The first-order valence-corrected chi connectivity index (χ1v) is 7.45. The molecule has 118 valence electrons. The smallest absolute Gasteiger partial charge is 0.191 e. The summed E-state index contributed by atoms with van der Waals surface area (Å²) in [6.07, 6.45) is 6.19. The molecule has 0 aliphatic heterocycles. The first-order chi connectivity index (χ1) is 10.7. The number of guanidine groups is 1. The maximum Gasteiger partial charge on any atom is 0.191 e. The fourth-order valence-corrected chi connectivity index (χ4v) is 2.05. The highest BCUT2D eigenvalue weighted by molar-refractivity contribution is 5.79. The molecule has 0 radical (unpaired) electrons. The Morgan fingerprint density at radius 3 is 2.91 bits per heavy atom. The van der Waals surface area contributed by atoms with Crippen molar-refractivity contribution in [3.05, 3.63) is 41.7 Å². The largest absolute Gasteiger partial charge is 0.357 e. The molecular weight excluding hydrogens is 278 g/mol. The van der Waals surface area contributed by atoms with Gasteiger partial charge in [-0.2, -0.15) is 5.10 Å². The van der Waals surface area contributed by atoms with E-state index in [4.69, 9.17) is 0 Å². The summed E-state index contributed by atoms with van der Waals surface area (Å²) in [5.74, 6) is 1.62. The molecule has 2 heterocycles. The zero-order valence-corrected chi connectivity index (χ0v) is 13.4. The molecule has 2 aromatic rings. The van der Waals surface area contributed by atoms with Crippen LogP contribution in [0.25, 0.3) is 0 Å². The molecule has 0 amide bonds. The minimum atomic E-state index is 0.500. The maximum atomic E-state index is 4.53. The zero-order chi connectivity index (χ0) is 15.8. The van der Waals surface area contributed by atoms with Gasteiger partial charge < -0.3 is 10.6 Å².